The van der Waals surface area contributed by atoms with Gasteiger partial charge in [-0.1, -0.05) is 12.1 Å². The Morgan fingerprint density at radius 1 is 1.26 bits per heavy atom. The molecule has 182 valence electrons. The Labute approximate surface area is 205 Å². The number of nitrogens with one attached hydrogen (secondary N) is 1. The van der Waals surface area contributed by atoms with Gasteiger partial charge in [-0.25, -0.2) is 9.71 Å². The van der Waals surface area contributed by atoms with Gasteiger partial charge >= 0.3 is 0 Å². The van der Waals surface area contributed by atoms with Crippen molar-refractivity contribution < 1.29 is 13.2 Å². The summed E-state index contributed by atoms with van der Waals surface area (Å²) in [7, 11) is 1.32. The van der Waals surface area contributed by atoms with Crippen LogP contribution < -0.4 is 4.72 Å². The van der Waals surface area contributed by atoms with Crippen molar-refractivity contribution in [1.29, 1.82) is 5.26 Å². The molecule has 1 aromatic carbocycles. The zero-order valence-corrected chi connectivity index (χ0v) is 21.1. The summed E-state index contributed by atoms with van der Waals surface area (Å²) in [5.74, 6) is -0.631. The van der Waals surface area contributed by atoms with E-state index in [0.29, 0.717) is 0 Å². The minimum absolute atomic E-state index is 0.0553. The first-order valence-electron chi connectivity index (χ1n) is 11.4. The molecule has 1 unspecified atom stereocenters. The Morgan fingerprint density at radius 3 is 2.74 bits per heavy atom. The first-order valence-corrected chi connectivity index (χ1v) is 12.8. The number of aryl methyl sites for hydroxylation is 2. The molecule has 0 saturated heterocycles. The van der Waals surface area contributed by atoms with Gasteiger partial charge in [0, 0.05) is 25.4 Å². The normalized spacial score (nSPS) is 13.9. The minimum atomic E-state index is -4.15. The van der Waals surface area contributed by atoms with Gasteiger partial charge in [0.15, 0.2) is 5.03 Å². The van der Waals surface area contributed by atoms with Crippen LogP contribution in [0.15, 0.2) is 41.6 Å². The highest BCUT2D eigenvalue weighted by molar-refractivity contribution is 7.90. The number of rotatable bonds is 7. The van der Waals surface area contributed by atoms with E-state index in [-0.39, 0.29) is 23.2 Å². The van der Waals surface area contributed by atoms with Crippen molar-refractivity contribution in [2.75, 3.05) is 14.1 Å². The number of benzene rings is 1. The molecule has 35 heavy (non-hydrogen) atoms. The average molecular weight is 493 g/mol. The highest BCUT2D eigenvalue weighted by Gasteiger charge is 2.26. The van der Waals surface area contributed by atoms with Gasteiger partial charge in [-0.15, -0.1) is 0 Å². The summed E-state index contributed by atoms with van der Waals surface area (Å²) in [5, 5.41) is 13.2. The van der Waals surface area contributed by atoms with Crippen LogP contribution in [-0.4, -0.2) is 48.1 Å². The number of fused-ring (bicyclic) bond motifs is 1. The van der Waals surface area contributed by atoms with Gasteiger partial charge in [0.1, 0.15) is 11.8 Å². The molecule has 4 rings (SSSR count). The minimum Gasteiger partial charge on any atom is -0.301 e. The molecule has 3 aromatic rings. The van der Waals surface area contributed by atoms with E-state index in [0.717, 1.165) is 47.2 Å². The number of sulfonamides is 1. The summed E-state index contributed by atoms with van der Waals surface area (Å²) in [5.41, 5.74) is 5.59. The predicted octanol–water partition coefficient (Wildman–Crippen LogP) is 2.51. The number of nitriles is 1. The van der Waals surface area contributed by atoms with E-state index in [1.165, 1.54) is 16.3 Å². The summed E-state index contributed by atoms with van der Waals surface area (Å²) in [4.78, 5) is 19.0. The Kier molecular flexibility index (Phi) is 6.74. The smallest absolute Gasteiger partial charge is 0.283 e. The summed E-state index contributed by atoms with van der Waals surface area (Å²) >= 11 is 0. The molecule has 9 nitrogen and oxygen atoms in total. The fourth-order valence-electron chi connectivity index (χ4n) is 4.51. The highest BCUT2D eigenvalue weighted by atomic mass is 32.2. The fourth-order valence-corrected chi connectivity index (χ4v) is 5.50. The van der Waals surface area contributed by atoms with Crippen molar-refractivity contribution in [3.63, 3.8) is 0 Å². The topological polar surface area (TPSA) is 121 Å². The lowest BCUT2D eigenvalue weighted by Crippen LogP contribution is -2.32. The number of pyridine rings is 1. The molecule has 1 atom stereocenters. The summed E-state index contributed by atoms with van der Waals surface area (Å²) in [6.07, 6.45) is 4.18. The van der Waals surface area contributed by atoms with E-state index in [1.807, 2.05) is 44.1 Å². The second kappa shape index (κ2) is 9.60. The molecule has 2 aromatic heterocycles. The number of amides is 1. The SMILES string of the molecule is CC(c1cc(S(=O)(=O)NC(=O)Cc2c(-c3ccnc(C#N)c3)ccc3c2CCC3)nn1C)N(C)C. The van der Waals surface area contributed by atoms with Gasteiger partial charge in [-0.3, -0.25) is 9.48 Å². The van der Waals surface area contributed by atoms with Crippen LogP contribution in [0.4, 0.5) is 0 Å². The summed E-state index contributed by atoms with van der Waals surface area (Å²) < 4.78 is 29.7. The molecule has 1 aliphatic rings. The molecule has 10 heteroatoms. The number of aromatic nitrogens is 3. The van der Waals surface area contributed by atoms with Gasteiger partial charge in [0.05, 0.1) is 12.1 Å². The molecular formula is C25H28N6O3S. The fraction of sp³-hybridized carbons (Fsp3) is 0.360. The quantitative estimate of drug-likeness (QED) is 0.538. The van der Waals surface area contributed by atoms with Gasteiger partial charge < -0.3 is 4.90 Å². The summed E-state index contributed by atoms with van der Waals surface area (Å²) in [6.45, 7) is 1.94. The van der Waals surface area contributed by atoms with Crippen molar-refractivity contribution in [3.8, 4) is 17.2 Å². The van der Waals surface area contributed by atoms with Crippen molar-refractivity contribution in [2.24, 2.45) is 7.05 Å². The van der Waals surface area contributed by atoms with Crippen molar-refractivity contribution in [2.45, 2.75) is 43.7 Å². The van der Waals surface area contributed by atoms with Crippen LogP contribution in [0.5, 0.6) is 0 Å². The van der Waals surface area contributed by atoms with E-state index in [4.69, 9.17) is 0 Å². The van der Waals surface area contributed by atoms with Crippen LogP contribution in [0.1, 0.15) is 47.5 Å². The molecule has 0 aliphatic heterocycles. The maximum Gasteiger partial charge on any atom is 0.283 e. The number of nitrogens with zero attached hydrogens (tertiary/aromatic N) is 5. The number of hydrogen-bond donors (Lipinski definition) is 1. The average Bonchev–Trinajstić information content (AvgIpc) is 3.45. The van der Waals surface area contributed by atoms with E-state index in [2.05, 4.69) is 14.8 Å². The second-order valence-electron chi connectivity index (χ2n) is 9.00. The number of hydrogen-bond acceptors (Lipinski definition) is 7. The first-order chi connectivity index (χ1) is 16.6. The van der Waals surface area contributed by atoms with E-state index >= 15 is 0 Å². The van der Waals surface area contributed by atoms with Gasteiger partial charge in [0.25, 0.3) is 10.0 Å². The molecule has 0 spiro atoms. The Bertz CT molecular complexity index is 1440. The van der Waals surface area contributed by atoms with Gasteiger partial charge in [-0.05, 0) is 80.2 Å². The molecule has 0 radical (unpaired) electrons. The van der Waals surface area contributed by atoms with Gasteiger partial charge in [0.2, 0.25) is 5.91 Å². The Hall–Kier alpha value is -3.55. The zero-order chi connectivity index (χ0) is 25.3. The summed E-state index contributed by atoms with van der Waals surface area (Å²) in [6, 6.07) is 10.9. The van der Waals surface area contributed by atoms with E-state index in [1.54, 1.807) is 25.4 Å². The number of carbonyl (C=O) groups excluding carboxylic acids is 1. The maximum atomic E-state index is 13.0. The molecule has 2 heterocycles. The van der Waals surface area contributed by atoms with Crippen LogP contribution in [0.2, 0.25) is 0 Å². The van der Waals surface area contributed by atoms with Gasteiger partial charge in [-0.2, -0.15) is 18.8 Å². The zero-order valence-electron chi connectivity index (χ0n) is 20.2. The molecule has 0 fully saturated rings. The third-order valence-electron chi connectivity index (χ3n) is 6.54. The third kappa shape index (κ3) is 4.97. The van der Waals surface area contributed by atoms with Crippen LogP contribution >= 0.6 is 0 Å². The molecule has 0 bridgehead atoms. The maximum absolute atomic E-state index is 13.0. The highest BCUT2D eigenvalue weighted by Crippen LogP contribution is 2.34. The molecule has 1 amide bonds. The van der Waals surface area contributed by atoms with Crippen LogP contribution in [0, 0.1) is 11.3 Å². The van der Waals surface area contributed by atoms with E-state index in [9.17, 15) is 18.5 Å². The molecule has 0 saturated carbocycles. The van der Waals surface area contributed by atoms with Crippen molar-refractivity contribution in [1.82, 2.24) is 24.4 Å². The predicted molar refractivity (Wildman–Crippen MR) is 131 cm³/mol. The lowest BCUT2D eigenvalue weighted by molar-refractivity contribution is -0.118. The van der Waals surface area contributed by atoms with Crippen LogP contribution in [-0.2, 0) is 41.1 Å². The lowest BCUT2D eigenvalue weighted by atomic mass is 9.91. The molecule has 1 aliphatic carbocycles. The van der Waals surface area contributed by atoms with E-state index < -0.39 is 15.9 Å². The third-order valence-corrected chi connectivity index (χ3v) is 7.79. The second-order valence-corrected chi connectivity index (χ2v) is 10.6. The monoisotopic (exact) mass is 492 g/mol. The Morgan fingerprint density at radius 2 is 2.03 bits per heavy atom. The Balaban J connectivity index is 1.64. The van der Waals surface area contributed by atoms with Crippen molar-refractivity contribution >= 4 is 15.9 Å². The standard InChI is InChI=1S/C25H28N6O3S/c1-16(30(2)3)23-14-25(28-31(23)4)35(33,34)29-24(32)13-22-20-7-5-6-17(20)8-9-21(22)18-10-11-27-19(12-18)15-26/h8-12,14,16H,5-7,13H2,1-4H3,(H,29,32). The van der Waals surface area contributed by atoms with Crippen molar-refractivity contribution in [3.05, 3.63) is 64.6 Å². The van der Waals surface area contributed by atoms with Crippen LogP contribution in [0.25, 0.3) is 11.1 Å². The van der Waals surface area contributed by atoms with Crippen LogP contribution in [0.3, 0.4) is 0 Å². The molecule has 1 N–H and O–H groups in total. The largest absolute Gasteiger partial charge is 0.301 e. The molecular weight excluding hydrogens is 464 g/mol. The first kappa shape index (κ1) is 24.6. The lowest BCUT2D eigenvalue weighted by Gasteiger charge is -2.19. The number of carbonyl (C=O) groups is 1.